The van der Waals surface area contributed by atoms with Gasteiger partial charge in [0.1, 0.15) is 5.82 Å². The van der Waals surface area contributed by atoms with E-state index in [-0.39, 0.29) is 24.8 Å². The molecule has 96 valence electrons. The topological polar surface area (TPSA) is 38.9 Å². The summed E-state index contributed by atoms with van der Waals surface area (Å²) >= 11 is 1.56. The van der Waals surface area contributed by atoms with E-state index in [9.17, 15) is 4.39 Å². The fourth-order valence-corrected chi connectivity index (χ4v) is 2.26. The monoisotopic (exact) mass is 284 g/mol. The lowest BCUT2D eigenvalue weighted by Gasteiger charge is -2.04. The van der Waals surface area contributed by atoms with E-state index < -0.39 is 0 Å². The summed E-state index contributed by atoms with van der Waals surface area (Å²) in [5.41, 5.74) is 6.88. The van der Waals surface area contributed by atoms with Crippen LogP contribution in [-0.4, -0.2) is 4.98 Å². The van der Waals surface area contributed by atoms with Gasteiger partial charge in [-0.2, -0.15) is 0 Å². The average molecular weight is 285 g/mol. The summed E-state index contributed by atoms with van der Waals surface area (Å²) in [6.45, 7) is 0.134. The standard InChI is InChI=1S/C13H13FN2S.ClH/c14-12-6-11(8-16-13(12)7-15)17-9-10-4-2-1-3-5-10;/h1-6,8H,7,9,15H2;1H. The number of hydrogen-bond donors (Lipinski definition) is 1. The van der Waals surface area contributed by atoms with Crippen molar-refractivity contribution in [3.63, 3.8) is 0 Å². The number of thioether (sulfide) groups is 1. The summed E-state index contributed by atoms with van der Waals surface area (Å²) in [6, 6.07) is 11.5. The van der Waals surface area contributed by atoms with Gasteiger partial charge in [0, 0.05) is 23.4 Å². The van der Waals surface area contributed by atoms with Gasteiger partial charge in [-0.05, 0) is 11.6 Å². The second-order valence-corrected chi connectivity index (χ2v) is 4.63. The quantitative estimate of drug-likeness (QED) is 0.875. The number of pyridine rings is 1. The molecule has 0 fully saturated rings. The molecule has 0 amide bonds. The highest BCUT2D eigenvalue weighted by Gasteiger charge is 2.04. The van der Waals surface area contributed by atoms with E-state index in [2.05, 4.69) is 4.98 Å². The first-order valence-corrected chi connectivity index (χ1v) is 6.29. The Morgan fingerprint density at radius 2 is 1.94 bits per heavy atom. The Morgan fingerprint density at radius 1 is 1.22 bits per heavy atom. The van der Waals surface area contributed by atoms with Crippen LogP contribution < -0.4 is 5.73 Å². The van der Waals surface area contributed by atoms with Crippen molar-refractivity contribution in [1.29, 1.82) is 0 Å². The highest BCUT2D eigenvalue weighted by atomic mass is 35.5. The molecule has 0 saturated heterocycles. The van der Waals surface area contributed by atoms with Crippen LogP contribution in [0.1, 0.15) is 11.3 Å². The number of benzene rings is 1. The fourth-order valence-electron chi connectivity index (χ4n) is 1.42. The average Bonchev–Trinajstić information content (AvgIpc) is 2.38. The van der Waals surface area contributed by atoms with Crippen molar-refractivity contribution in [2.45, 2.75) is 17.2 Å². The van der Waals surface area contributed by atoms with E-state index in [1.165, 1.54) is 11.6 Å². The van der Waals surface area contributed by atoms with Gasteiger partial charge in [-0.15, -0.1) is 24.2 Å². The molecule has 0 atom stereocenters. The van der Waals surface area contributed by atoms with Crippen LogP contribution in [-0.2, 0) is 12.3 Å². The van der Waals surface area contributed by atoms with Crippen molar-refractivity contribution in [3.8, 4) is 0 Å². The highest BCUT2D eigenvalue weighted by molar-refractivity contribution is 7.98. The molecule has 2 rings (SSSR count). The maximum atomic E-state index is 13.4. The minimum Gasteiger partial charge on any atom is -0.325 e. The summed E-state index contributed by atoms with van der Waals surface area (Å²) in [6.07, 6.45) is 1.67. The first kappa shape index (κ1) is 15.0. The Balaban J connectivity index is 0.00000162. The maximum Gasteiger partial charge on any atom is 0.147 e. The molecule has 0 aliphatic rings. The molecule has 2 nitrogen and oxygen atoms in total. The number of nitrogens with two attached hydrogens (primary N) is 1. The molecule has 1 heterocycles. The SMILES string of the molecule is Cl.NCc1ncc(SCc2ccccc2)cc1F. The summed E-state index contributed by atoms with van der Waals surface area (Å²) < 4.78 is 13.4. The van der Waals surface area contributed by atoms with E-state index in [0.29, 0.717) is 5.69 Å². The first-order valence-electron chi connectivity index (χ1n) is 5.31. The molecule has 0 unspecified atom stereocenters. The molecule has 0 radical (unpaired) electrons. The minimum absolute atomic E-state index is 0. The molecule has 2 N–H and O–H groups in total. The number of hydrogen-bond acceptors (Lipinski definition) is 3. The molecule has 0 saturated carbocycles. The van der Waals surface area contributed by atoms with Gasteiger partial charge in [0.25, 0.3) is 0 Å². The minimum atomic E-state index is -0.328. The third-order valence-corrected chi connectivity index (χ3v) is 3.37. The van der Waals surface area contributed by atoms with Crippen LogP contribution in [0, 0.1) is 5.82 Å². The lowest BCUT2D eigenvalue weighted by atomic mass is 10.2. The van der Waals surface area contributed by atoms with Gasteiger partial charge in [-0.3, -0.25) is 4.98 Å². The Morgan fingerprint density at radius 3 is 2.56 bits per heavy atom. The predicted octanol–water partition coefficient (Wildman–Crippen LogP) is 3.39. The van der Waals surface area contributed by atoms with E-state index in [0.717, 1.165) is 10.6 Å². The summed E-state index contributed by atoms with van der Waals surface area (Å²) in [7, 11) is 0. The predicted molar refractivity (Wildman–Crippen MR) is 75.3 cm³/mol. The van der Waals surface area contributed by atoms with E-state index in [4.69, 9.17) is 5.73 Å². The third-order valence-electron chi connectivity index (χ3n) is 2.33. The zero-order valence-electron chi connectivity index (χ0n) is 9.67. The molecule has 1 aromatic carbocycles. The number of aromatic nitrogens is 1. The van der Waals surface area contributed by atoms with Gasteiger partial charge in [0.2, 0.25) is 0 Å². The van der Waals surface area contributed by atoms with Gasteiger partial charge >= 0.3 is 0 Å². The molecular formula is C13H14ClFN2S. The van der Waals surface area contributed by atoms with E-state index in [1.54, 1.807) is 18.0 Å². The Kier molecular flexibility index (Phi) is 6.12. The second kappa shape index (κ2) is 7.36. The fraction of sp³-hybridized carbons (Fsp3) is 0.154. The van der Waals surface area contributed by atoms with Crippen molar-refractivity contribution in [2.24, 2.45) is 5.73 Å². The lowest BCUT2D eigenvalue weighted by Crippen LogP contribution is -2.02. The largest absolute Gasteiger partial charge is 0.325 e. The summed E-state index contributed by atoms with van der Waals surface area (Å²) in [5.74, 6) is 0.481. The summed E-state index contributed by atoms with van der Waals surface area (Å²) in [5, 5.41) is 0. The van der Waals surface area contributed by atoms with Crippen LogP contribution in [0.2, 0.25) is 0 Å². The molecule has 18 heavy (non-hydrogen) atoms. The van der Waals surface area contributed by atoms with E-state index in [1.807, 2.05) is 30.3 Å². The molecular weight excluding hydrogens is 271 g/mol. The molecule has 2 aromatic rings. The molecule has 0 spiro atoms. The van der Waals surface area contributed by atoms with Crippen molar-refractivity contribution in [1.82, 2.24) is 4.98 Å². The smallest absolute Gasteiger partial charge is 0.147 e. The number of halogens is 2. The van der Waals surface area contributed by atoms with Crippen LogP contribution in [0.4, 0.5) is 4.39 Å². The molecule has 5 heteroatoms. The first-order chi connectivity index (χ1) is 8.29. The van der Waals surface area contributed by atoms with Crippen LogP contribution in [0.25, 0.3) is 0 Å². The van der Waals surface area contributed by atoms with E-state index >= 15 is 0 Å². The van der Waals surface area contributed by atoms with Crippen LogP contribution in [0.15, 0.2) is 47.5 Å². The Hall–Kier alpha value is -1.10. The van der Waals surface area contributed by atoms with Crippen molar-refractivity contribution < 1.29 is 4.39 Å². The van der Waals surface area contributed by atoms with Crippen molar-refractivity contribution >= 4 is 24.2 Å². The van der Waals surface area contributed by atoms with Gasteiger partial charge in [-0.25, -0.2) is 4.39 Å². The van der Waals surface area contributed by atoms with Gasteiger partial charge in [-0.1, -0.05) is 30.3 Å². The Labute approximate surface area is 116 Å². The summed E-state index contributed by atoms with van der Waals surface area (Å²) in [4.78, 5) is 4.81. The zero-order valence-corrected chi connectivity index (χ0v) is 11.3. The zero-order chi connectivity index (χ0) is 12.1. The highest BCUT2D eigenvalue weighted by Crippen LogP contribution is 2.23. The van der Waals surface area contributed by atoms with Crippen molar-refractivity contribution in [3.05, 3.63) is 59.7 Å². The van der Waals surface area contributed by atoms with Crippen LogP contribution in [0.3, 0.4) is 0 Å². The van der Waals surface area contributed by atoms with Crippen LogP contribution in [0.5, 0.6) is 0 Å². The molecule has 0 aliphatic carbocycles. The van der Waals surface area contributed by atoms with Gasteiger partial charge in [0.15, 0.2) is 0 Å². The molecule has 0 aliphatic heterocycles. The molecule has 1 aromatic heterocycles. The maximum absolute atomic E-state index is 13.4. The normalized spacial score (nSPS) is 9.89. The lowest BCUT2D eigenvalue weighted by molar-refractivity contribution is 0.595. The Bertz CT molecular complexity index is 494. The second-order valence-electron chi connectivity index (χ2n) is 3.58. The number of rotatable bonds is 4. The van der Waals surface area contributed by atoms with Gasteiger partial charge in [0.05, 0.1) is 5.69 Å². The van der Waals surface area contributed by atoms with Crippen molar-refractivity contribution in [2.75, 3.05) is 0 Å². The van der Waals surface area contributed by atoms with Gasteiger partial charge < -0.3 is 5.73 Å². The number of nitrogens with zero attached hydrogens (tertiary/aromatic N) is 1. The molecule has 0 bridgehead atoms. The van der Waals surface area contributed by atoms with Crippen LogP contribution >= 0.6 is 24.2 Å². The third kappa shape index (κ3) is 3.98.